The molecule has 0 bridgehead atoms. The van der Waals surface area contributed by atoms with E-state index in [0.717, 1.165) is 17.8 Å². The Morgan fingerprint density at radius 2 is 2.12 bits per heavy atom. The molecule has 25 heavy (non-hydrogen) atoms. The third-order valence-electron chi connectivity index (χ3n) is 4.41. The number of sulfonamides is 1. The summed E-state index contributed by atoms with van der Waals surface area (Å²) in [5, 5.41) is 0. The maximum absolute atomic E-state index is 13.2. The van der Waals surface area contributed by atoms with E-state index in [-0.39, 0.29) is 10.9 Å². The van der Waals surface area contributed by atoms with Gasteiger partial charge in [0.2, 0.25) is 10.0 Å². The standard InChI is InChI=1S/C17H24N4O3S/c1-13-5-6-17(16(7-13)24-4)25(22,23)20-10-14-8-18-12-21(14)15(11-20)9-19(2)3/h5-8,12,15H,9-11H2,1-4H3. The summed E-state index contributed by atoms with van der Waals surface area (Å²) < 4.78 is 35.4. The van der Waals surface area contributed by atoms with E-state index >= 15 is 0 Å². The van der Waals surface area contributed by atoms with Crippen molar-refractivity contribution in [2.75, 3.05) is 34.3 Å². The fourth-order valence-corrected chi connectivity index (χ4v) is 4.81. The quantitative estimate of drug-likeness (QED) is 0.804. The van der Waals surface area contributed by atoms with Crippen molar-refractivity contribution in [3.63, 3.8) is 0 Å². The number of rotatable bonds is 5. The number of likely N-dealkylation sites (N-methyl/N-ethyl adjacent to an activating group) is 1. The first kappa shape index (κ1) is 17.9. The van der Waals surface area contributed by atoms with Gasteiger partial charge in [0.15, 0.2) is 0 Å². The average molecular weight is 364 g/mol. The molecule has 0 N–H and O–H groups in total. The number of hydrogen-bond acceptors (Lipinski definition) is 5. The van der Waals surface area contributed by atoms with Gasteiger partial charge in [0.05, 0.1) is 31.7 Å². The van der Waals surface area contributed by atoms with Crippen molar-refractivity contribution in [1.82, 2.24) is 18.8 Å². The number of ether oxygens (including phenoxy) is 1. The summed E-state index contributed by atoms with van der Waals surface area (Å²) >= 11 is 0. The predicted molar refractivity (Wildman–Crippen MR) is 95.1 cm³/mol. The Balaban J connectivity index is 1.99. The van der Waals surface area contributed by atoms with E-state index in [1.165, 1.54) is 11.4 Å². The van der Waals surface area contributed by atoms with Crippen LogP contribution in [0.3, 0.4) is 0 Å². The van der Waals surface area contributed by atoms with Crippen LogP contribution in [-0.2, 0) is 16.6 Å². The summed E-state index contributed by atoms with van der Waals surface area (Å²) in [6, 6.07) is 5.18. The number of aromatic nitrogens is 2. The topological polar surface area (TPSA) is 67.7 Å². The van der Waals surface area contributed by atoms with Crippen LogP contribution in [0.1, 0.15) is 17.3 Å². The van der Waals surface area contributed by atoms with Gasteiger partial charge in [-0.2, -0.15) is 4.31 Å². The zero-order chi connectivity index (χ0) is 18.2. The van der Waals surface area contributed by atoms with E-state index in [9.17, 15) is 8.42 Å². The second kappa shape index (κ2) is 6.78. The number of hydrogen-bond donors (Lipinski definition) is 0. The van der Waals surface area contributed by atoms with Gasteiger partial charge in [0.25, 0.3) is 0 Å². The lowest BCUT2D eigenvalue weighted by Crippen LogP contribution is -2.43. The van der Waals surface area contributed by atoms with Crippen LogP contribution in [0.15, 0.2) is 35.6 Å². The number of imidazole rings is 1. The predicted octanol–water partition coefficient (Wildman–Crippen LogP) is 1.51. The van der Waals surface area contributed by atoms with Crippen molar-refractivity contribution in [2.24, 2.45) is 0 Å². The molecule has 1 aromatic carbocycles. The number of nitrogens with zero attached hydrogens (tertiary/aromatic N) is 4. The van der Waals surface area contributed by atoms with Gasteiger partial charge in [-0.3, -0.25) is 0 Å². The molecule has 0 radical (unpaired) electrons. The van der Waals surface area contributed by atoms with E-state index in [1.54, 1.807) is 30.7 Å². The van der Waals surface area contributed by atoms with E-state index < -0.39 is 10.0 Å². The van der Waals surface area contributed by atoms with Crippen molar-refractivity contribution >= 4 is 10.0 Å². The average Bonchev–Trinajstić information content (AvgIpc) is 3.02. The highest BCUT2D eigenvalue weighted by Crippen LogP contribution is 2.32. The van der Waals surface area contributed by atoms with E-state index in [2.05, 4.69) is 14.5 Å². The van der Waals surface area contributed by atoms with E-state index in [4.69, 9.17) is 4.74 Å². The van der Waals surface area contributed by atoms with Crippen LogP contribution < -0.4 is 4.74 Å². The molecule has 0 fully saturated rings. The Morgan fingerprint density at radius 3 is 2.80 bits per heavy atom. The fourth-order valence-electron chi connectivity index (χ4n) is 3.23. The second-order valence-corrected chi connectivity index (χ2v) is 8.57. The van der Waals surface area contributed by atoms with Crippen LogP contribution in [0.25, 0.3) is 0 Å². The van der Waals surface area contributed by atoms with Gasteiger partial charge in [-0.15, -0.1) is 0 Å². The molecular weight excluding hydrogens is 340 g/mol. The lowest BCUT2D eigenvalue weighted by Gasteiger charge is -2.35. The maximum atomic E-state index is 13.2. The summed E-state index contributed by atoms with van der Waals surface area (Å²) in [4.78, 5) is 6.45. The molecule has 1 unspecified atom stereocenters. The summed E-state index contributed by atoms with van der Waals surface area (Å²) in [7, 11) is 1.79. The van der Waals surface area contributed by atoms with Gasteiger partial charge in [0, 0.05) is 19.3 Å². The smallest absolute Gasteiger partial charge is 0.247 e. The van der Waals surface area contributed by atoms with Crippen LogP contribution in [0.5, 0.6) is 5.75 Å². The van der Waals surface area contributed by atoms with Crippen LogP contribution >= 0.6 is 0 Å². The van der Waals surface area contributed by atoms with Crippen molar-refractivity contribution in [3.8, 4) is 5.75 Å². The molecule has 3 rings (SSSR count). The molecule has 0 saturated heterocycles. The Morgan fingerprint density at radius 1 is 1.36 bits per heavy atom. The Kier molecular flexibility index (Phi) is 4.86. The van der Waals surface area contributed by atoms with Crippen LogP contribution in [-0.4, -0.2) is 61.5 Å². The number of fused-ring (bicyclic) bond motifs is 1. The molecule has 136 valence electrons. The molecule has 7 nitrogen and oxygen atoms in total. The van der Waals surface area contributed by atoms with Gasteiger partial charge in [-0.1, -0.05) is 6.07 Å². The number of methoxy groups -OCH3 is 1. The third-order valence-corrected chi connectivity index (χ3v) is 6.26. The van der Waals surface area contributed by atoms with Gasteiger partial charge >= 0.3 is 0 Å². The third kappa shape index (κ3) is 3.42. The minimum Gasteiger partial charge on any atom is -0.495 e. The minimum absolute atomic E-state index is 0.0208. The molecule has 2 heterocycles. The zero-order valence-corrected chi connectivity index (χ0v) is 15.8. The van der Waals surface area contributed by atoms with Crippen molar-refractivity contribution in [2.45, 2.75) is 24.4 Å². The Hall–Kier alpha value is -1.90. The summed E-state index contributed by atoms with van der Waals surface area (Å²) in [6.07, 6.45) is 3.51. The van der Waals surface area contributed by atoms with Crippen LogP contribution in [0, 0.1) is 6.92 Å². The largest absolute Gasteiger partial charge is 0.495 e. The lowest BCUT2D eigenvalue weighted by molar-refractivity contribution is 0.233. The first-order valence-corrected chi connectivity index (χ1v) is 9.57. The SMILES string of the molecule is COc1cc(C)ccc1S(=O)(=O)N1Cc2cncn2C(CN(C)C)C1. The molecule has 1 aliphatic heterocycles. The highest BCUT2D eigenvalue weighted by molar-refractivity contribution is 7.89. The first-order chi connectivity index (χ1) is 11.8. The lowest BCUT2D eigenvalue weighted by atomic mass is 10.2. The summed E-state index contributed by atoms with van der Waals surface area (Å²) in [5.41, 5.74) is 1.85. The molecule has 1 aromatic heterocycles. The highest BCUT2D eigenvalue weighted by atomic mass is 32.2. The Bertz CT molecular complexity index is 861. The molecule has 2 aromatic rings. The maximum Gasteiger partial charge on any atom is 0.247 e. The van der Waals surface area contributed by atoms with Gasteiger partial charge < -0.3 is 14.2 Å². The fraction of sp³-hybridized carbons (Fsp3) is 0.471. The molecule has 0 saturated carbocycles. The van der Waals surface area contributed by atoms with Crippen LogP contribution in [0.2, 0.25) is 0 Å². The van der Waals surface area contributed by atoms with Gasteiger partial charge in [0.1, 0.15) is 10.6 Å². The first-order valence-electron chi connectivity index (χ1n) is 8.13. The summed E-state index contributed by atoms with van der Waals surface area (Å²) in [6.45, 7) is 3.36. The molecule has 0 spiro atoms. The molecular formula is C17H24N4O3S. The van der Waals surface area contributed by atoms with Crippen molar-refractivity contribution in [1.29, 1.82) is 0 Å². The summed E-state index contributed by atoms with van der Waals surface area (Å²) in [5.74, 6) is 0.378. The number of aryl methyl sites for hydroxylation is 1. The monoisotopic (exact) mass is 364 g/mol. The highest BCUT2D eigenvalue weighted by Gasteiger charge is 2.35. The zero-order valence-electron chi connectivity index (χ0n) is 15.0. The normalized spacial score (nSPS) is 18.4. The molecule has 8 heteroatoms. The molecule has 0 amide bonds. The van der Waals surface area contributed by atoms with Crippen molar-refractivity contribution in [3.05, 3.63) is 42.0 Å². The van der Waals surface area contributed by atoms with E-state index in [1.807, 2.05) is 21.0 Å². The van der Waals surface area contributed by atoms with Gasteiger partial charge in [-0.05, 0) is 38.7 Å². The second-order valence-electron chi connectivity index (χ2n) is 6.66. The molecule has 1 aliphatic rings. The van der Waals surface area contributed by atoms with E-state index in [0.29, 0.717) is 18.8 Å². The Labute approximate surface area is 148 Å². The molecule has 0 aliphatic carbocycles. The molecule has 1 atom stereocenters. The van der Waals surface area contributed by atoms with Crippen LogP contribution in [0.4, 0.5) is 0 Å². The minimum atomic E-state index is -3.66. The van der Waals surface area contributed by atoms with Gasteiger partial charge in [-0.25, -0.2) is 13.4 Å². The van der Waals surface area contributed by atoms with Crippen molar-refractivity contribution < 1.29 is 13.2 Å². The number of benzene rings is 1.